The van der Waals surface area contributed by atoms with Gasteiger partial charge in [-0.2, -0.15) is 0 Å². The van der Waals surface area contributed by atoms with Crippen LogP contribution in [0.15, 0.2) is 48.6 Å². The summed E-state index contributed by atoms with van der Waals surface area (Å²) in [4.78, 5) is 31.5. The van der Waals surface area contributed by atoms with Gasteiger partial charge in [0.1, 0.15) is 11.2 Å². The molecule has 0 saturated heterocycles. The monoisotopic (exact) mass is 736 g/mol. The van der Waals surface area contributed by atoms with E-state index < -0.39 is 26.3 Å². The number of carbonyl (C=O) groups excluding carboxylic acids is 2. The van der Waals surface area contributed by atoms with Gasteiger partial charge in [-0.05, 0) is 109 Å². The predicted octanol–water partition coefficient (Wildman–Crippen LogP) is 7.44. The van der Waals surface area contributed by atoms with Crippen LogP contribution in [0.1, 0.15) is 76.0 Å². The van der Waals surface area contributed by atoms with Crippen LogP contribution in [0.2, 0.25) is 23.2 Å². The van der Waals surface area contributed by atoms with Gasteiger partial charge in [0.15, 0.2) is 8.32 Å². The lowest BCUT2D eigenvalue weighted by Gasteiger charge is -2.48. The van der Waals surface area contributed by atoms with Crippen molar-refractivity contribution in [3.63, 3.8) is 0 Å². The van der Waals surface area contributed by atoms with Crippen molar-refractivity contribution in [1.82, 2.24) is 4.90 Å². The number of rotatable bonds is 4. The number of benzene rings is 2. The third-order valence-electron chi connectivity index (χ3n) is 12.9. The molecule has 6 rings (SSSR count). The molecular formula is C41H57ClN2O6Si. The fourth-order valence-electron chi connectivity index (χ4n) is 8.45. The number of esters is 1. The lowest BCUT2D eigenvalue weighted by molar-refractivity contribution is -0.153. The fraction of sp³-hybridized carbons (Fsp3) is 0.610. The number of carbonyl (C=O) groups is 2. The summed E-state index contributed by atoms with van der Waals surface area (Å²) >= 11 is 6.51. The van der Waals surface area contributed by atoms with Gasteiger partial charge in [-0.15, -0.1) is 0 Å². The minimum absolute atomic E-state index is 0.0135. The van der Waals surface area contributed by atoms with E-state index in [-0.39, 0.29) is 28.9 Å². The minimum atomic E-state index is -2.10. The topological polar surface area (TPSA) is 88.5 Å². The zero-order valence-corrected chi connectivity index (χ0v) is 33.4. The second-order valence-electron chi connectivity index (χ2n) is 17.1. The highest BCUT2D eigenvalue weighted by molar-refractivity contribution is 6.74. The van der Waals surface area contributed by atoms with Gasteiger partial charge in [-0.3, -0.25) is 9.59 Å². The Morgan fingerprint density at radius 3 is 2.63 bits per heavy atom. The Labute approximate surface area is 310 Å². The molecule has 2 aromatic carbocycles. The molecule has 1 spiro atoms. The van der Waals surface area contributed by atoms with Crippen molar-refractivity contribution >= 4 is 37.5 Å². The van der Waals surface area contributed by atoms with E-state index in [1.807, 2.05) is 24.3 Å². The maximum Gasteiger partial charge on any atom is 0.319 e. The molecule has 10 heteroatoms. The van der Waals surface area contributed by atoms with Crippen LogP contribution < -0.4 is 9.64 Å². The van der Waals surface area contributed by atoms with E-state index in [1.165, 1.54) is 18.2 Å². The Hall–Kier alpha value is -2.85. The normalized spacial score (nSPS) is 29.3. The van der Waals surface area contributed by atoms with E-state index >= 15 is 0 Å². The number of hydrogen-bond donors (Lipinski definition) is 1. The zero-order valence-electron chi connectivity index (χ0n) is 31.6. The van der Waals surface area contributed by atoms with Crippen molar-refractivity contribution < 1.29 is 28.6 Å². The number of ether oxygens (including phenoxy) is 2. The van der Waals surface area contributed by atoms with Gasteiger partial charge in [0.25, 0.3) is 0 Å². The van der Waals surface area contributed by atoms with Crippen LogP contribution in [0, 0.1) is 11.8 Å². The summed E-state index contributed by atoms with van der Waals surface area (Å²) in [5.74, 6) is 0.599. The van der Waals surface area contributed by atoms with Gasteiger partial charge in [-0.25, -0.2) is 0 Å². The number of hydrogen-bond acceptors (Lipinski definition) is 7. The summed E-state index contributed by atoms with van der Waals surface area (Å²) in [5, 5.41) is 11.8. The highest BCUT2D eigenvalue weighted by Gasteiger charge is 2.48. The van der Waals surface area contributed by atoms with Crippen molar-refractivity contribution in [2.75, 3.05) is 51.9 Å². The molecule has 1 saturated carbocycles. The van der Waals surface area contributed by atoms with Crippen molar-refractivity contribution in [1.29, 1.82) is 0 Å². The molecule has 1 fully saturated rings. The minimum Gasteiger partial charge on any atom is -0.490 e. The maximum atomic E-state index is 13.8. The zero-order chi connectivity index (χ0) is 36.8. The molecule has 1 amide bonds. The van der Waals surface area contributed by atoms with Crippen LogP contribution in [-0.4, -0.2) is 83.3 Å². The van der Waals surface area contributed by atoms with E-state index in [0.29, 0.717) is 37.0 Å². The van der Waals surface area contributed by atoms with Crippen LogP contribution in [0.3, 0.4) is 0 Å². The number of nitrogens with zero attached hydrogens (tertiary/aromatic N) is 2. The Balaban J connectivity index is 1.48. The number of anilines is 1. The molecule has 1 N–H and O–H groups in total. The molecule has 2 aliphatic carbocycles. The highest BCUT2D eigenvalue weighted by Crippen LogP contribution is 2.49. The first-order chi connectivity index (χ1) is 24.1. The summed E-state index contributed by atoms with van der Waals surface area (Å²) in [6.07, 6.45) is 10.1. The number of fused-ring (bicyclic) bond motifs is 4. The first kappa shape index (κ1) is 37.9. The number of amides is 1. The molecule has 2 bridgehead atoms. The van der Waals surface area contributed by atoms with Gasteiger partial charge in [-0.1, -0.05) is 56.7 Å². The molecule has 2 aliphatic heterocycles. The summed E-state index contributed by atoms with van der Waals surface area (Å²) < 4.78 is 19.3. The Morgan fingerprint density at radius 2 is 1.94 bits per heavy atom. The van der Waals surface area contributed by atoms with Crippen LogP contribution in [0.5, 0.6) is 5.75 Å². The molecule has 0 aromatic heterocycles. The lowest BCUT2D eigenvalue weighted by atomic mass is 9.68. The summed E-state index contributed by atoms with van der Waals surface area (Å²) in [6.45, 7) is 13.5. The lowest BCUT2D eigenvalue weighted by Crippen LogP contribution is -2.52. The van der Waals surface area contributed by atoms with Crippen molar-refractivity contribution in [3.8, 4) is 5.75 Å². The molecule has 4 aliphatic rings. The quantitative estimate of drug-likeness (QED) is 0.198. The van der Waals surface area contributed by atoms with Crippen molar-refractivity contribution in [2.45, 2.75) is 101 Å². The molecule has 2 aromatic rings. The van der Waals surface area contributed by atoms with Crippen LogP contribution >= 0.6 is 11.6 Å². The standard InChI is InChI=1S/C41H57ClN2O6Si/c1-39(2,3)51(6,7)50-35-12-8-9-20-43(4)37(46)23-41(26-45,38(47)48-5)30-14-18-36-34(22-30)44(24-29-13-16-32(29)35)25-40(27-49-36)19-10-11-28-21-31(42)15-17-33(28)40/h8,12,14-15,17-18,21-22,29,32,35,45H,9-11,13,16,19-20,23-27H2,1-7H3/b12-8+/t29-,32+,35-,40-,41+/m0/s1. The van der Waals surface area contributed by atoms with Gasteiger partial charge in [0, 0.05) is 43.5 Å². The molecular weight excluding hydrogens is 680 g/mol. The van der Waals surface area contributed by atoms with E-state index in [2.05, 4.69) is 63.0 Å². The molecule has 278 valence electrons. The number of aliphatic hydroxyl groups is 1. The van der Waals surface area contributed by atoms with Crippen LogP contribution in [0.25, 0.3) is 0 Å². The number of halogens is 1. The summed E-state index contributed by atoms with van der Waals surface area (Å²) in [5.41, 5.74) is 2.17. The Kier molecular flexibility index (Phi) is 10.8. The number of methoxy groups -OCH3 is 1. The Bertz CT molecular complexity index is 1660. The second-order valence-corrected chi connectivity index (χ2v) is 22.3. The SMILES string of the molecule is COC(=O)[C@@]1(CO)CC(=O)N(C)CC/C=C/[C@H](O[Si](C)(C)C(C)(C)C)[C@@H]2CC[C@H]2CN2C[C@@]3(CCCc4cc(Cl)ccc43)COc3ccc1cc32. The third kappa shape index (κ3) is 7.25. The van der Waals surface area contributed by atoms with Gasteiger partial charge >= 0.3 is 5.97 Å². The largest absolute Gasteiger partial charge is 0.490 e. The molecule has 0 radical (unpaired) electrons. The fourth-order valence-corrected chi connectivity index (χ4v) is 9.93. The number of aliphatic hydroxyl groups excluding tert-OH is 1. The molecule has 2 heterocycles. The third-order valence-corrected chi connectivity index (χ3v) is 17.6. The van der Waals surface area contributed by atoms with E-state index in [9.17, 15) is 14.7 Å². The van der Waals surface area contributed by atoms with E-state index in [1.54, 1.807) is 11.9 Å². The highest BCUT2D eigenvalue weighted by atomic mass is 35.5. The smallest absolute Gasteiger partial charge is 0.319 e. The van der Waals surface area contributed by atoms with E-state index in [0.717, 1.165) is 61.7 Å². The first-order valence-corrected chi connectivity index (χ1v) is 22.0. The molecule has 5 atom stereocenters. The average molecular weight is 737 g/mol. The van der Waals surface area contributed by atoms with Crippen molar-refractivity contribution in [2.24, 2.45) is 11.8 Å². The predicted molar refractivity (Wildman–Crippen MR) is 205 cm³/mol. The Morgan fingerprint density at radius 1 is 1.16 bits per heavy atom. The van der Waals surface area contributed by atoms with Gasteiger partial charge < -0.3 is 28.8 Å². The van der Waals surface area contributed by atoms with Gasteiger partial charge in [0.05, 0.1) is 32.1 Å². The second kappa shape index (κ2) is 14.5. The molecule has 8 nitrogen and oxygen atoms in total. The van der Waals surface area contributed by atoms with Crippen LogP contribution in [0.4, 0.5) is 5.69 Å². The van der Waals surface area contributed by atoms with Crippen LogP contribution in [-0.2, 0) is 36.0 Å². The average Bonchev–Trinajstić information content (AvgIpc) is 3.22. The summed E-state index contributed by atoms with van der Waals surface area (Å²) in [7, 11) is 0.969. The molecule has 51 heavy (non-hydrogen) atoms. The first-order valence-electron chi connectivity index (χ1n) is 18.7. The molecule has 0 unspecified atom stereocenters. The maximum absolute atomic E-state index is 13.8. The van der Waals surface area contributed by atoms with E-state index in [4.69, 9.17) is 25.5 Å². The van der Waals surface area contributed by atoms with Gasteiger partial charge in [0.2, 0.25) is 5.91 Å². The van der Waals surface area contributed by atoms with Crippen molar-refractivity contribution in [3.05, 3.63) is 70.3 Å². The number of aryl methyl sites for hydroxylation is 1. The summed E-state index contributed by atoms with van der Waals surface area (Å²) in [6, 6.07) is 12.0.